The molecule has 2 atom stereocenters. The van der Waals surface area contributed by atoms with Gasteiger partial charge >= 0.3 is 0 Å². The van der Waals surface area contributed by atoms with Crippen LogP contribution in [0.4, 0.5) is 5.95 Å². The van der Waals surface area contributed by atoms with Crippen molar-refractivity contribution in [2.75, 3.05) is 5.32 Å². The minimum absolute atomic E-state index is 0.133. The summed E-state index contributed by atoms with van der Waals surface area (Å²) in [5, 5.41) is 8.11. The number of hydrogen-bond acceptors (Lipinski definition) is 4. The molecule has 152 valence electrons. The fraction of sp³-hybridized carbons (Fsp3) is 0.120. The fourth-order valence-corrected chi connectivity index (χ4v) is 4.85. The van der Waals surface area contributed by atoms with Gasteiger partial charge in [-0.05, 0) is 42.3 Å². The molecule has 0 fully saturated rings. The third-order valence-electron chi connectivity index (χ3n) is 5.87. The van der Waals surface area contributed by atoms with E-state index < -0.39 is 0 Å². The molecule has 6 rings (SSSR count). The van der Waals surface area contributed by atoms with E-state index in [1.54, 1.807) is 6.33 Å². The second-order valence-corrected chi connectivity index (χ2v) is 8.76. The molecule has 0 bridgehead atoms. The first-order chi connectivity index (χ1) is 15.2. The summed E-state index contributed by atoms with van der Waals surface area (Å²) in [6.45, 7) is 2.10. The summed E-state index contributed by atoms with van der Waals surface area (Å²) < 4.78 is 9.60. The summed E-state index contributed by atoms with van der Waals surface area (Å²) in [4.78, 5) is 4.48. The summed E-state index contributed by atoms with van der Waals surface area (Å²) in [6, 6.07) is 24.9. The number of ether oxygens (including phenoxy) is 1. The summed E-state index contributed by atoms with van der Waals surface area (Å²) in [5.41, 5.74) is 6.65. The number of hydrogen-bond donors (Lipinski definition) is 1. The Kier molecular flexibility index (Phi) is 4.21. The van der Waals surface area contributed by atoms with Gasteiger partial charge in [0.05, 0.1) is 5.70 Å². The van der Waals surface area contributed by atoms with E-state index in [0.717, 1.165) is 44.1 Å². The Balaban J connectivity index is 1.63. The van der Waals surface area contributed by atoms with E-state index in [-0.39, 0.29) is 12.1 Å². The van der Waals surface area contributed by atoms with Crippen LogP contribution in [0.25, 0.3) is 5.70 Å². The van der Waals surface area contributed by atoms with E-state index in [1.165, 1.54) is 5.56 Å². The molecule has 2 aliphatic heterocycles. The van der Waals surface area contributed by atoms with Crippen LogP contribution in [0, 0.1) is 6.92 Å². The normalized spacial score (nSPS) is 19.0. The van der Waals surface area contributed by atoms with Gasteiger partial charge in [0, 0.05) is 15.6 Å². The highest BCUT2D eigenvalue weighted by Crippen LogP contribution is 2.50. The molecular weight excluding hydrogens is 452 g/mol. The number of benzene rings is 3. The van der Waals surface area contributed by atoms with Crippen molar-refractivity contribution in [1.29, 1.82) is 0 Å². The SMILES string of the molecule is Cc1ccc([C@H]2C3=C(Nc4ncnn42)c2ccccc2O[C@@H]3c2cccc(Br)c2)cc1. The largest absolute Gasteiger partial charge is 0.480 e. The molecule has 1 N–H and O–H groups in total. The van der Waals surface area contributed by atoms with Crippen LogP contribution in [-0.2, 0) is 0 Å². The van der Waals surface area contributed by atoms with Crippen molar-refractivity contribution in [3.05, 3.63) is 111 Å². The number of rotatable bonds is 2. The molecular formula is C25H19BrN4O. The van der Waals surface area contributed by atoms with Crippen molar-refractivity contribution in [2.24, 2.45) is 0 Å². The summed E-state index contributed by atoms with van der Waals surface area (Å²) in [5.74, 6) is 1.59. The lowest BCUT2D eigenvalue weighted by Crippen LogP contribution is -2.32. The molecule has 3 aromatic carbocycles. The molecule has 5 nitrogen and oxygen atoms in total. The third-order valence-corrected chi connectivity index (χ3v) is 6.36. The molecule has 0 spiro atoms. The highest BCUT2D eigenvalue weighted by atomic mass is 79.9. The minimum atomic E-state index is -0.265. The van der Waals surface area contributed by atoms with Crippen LogP contribution in [0.1, 0.15) is 34.4 Å². The maximum Gasteiger partial charge on any atom is 0.226 e. The average molecular weight is 471 g/mol. The molecule has 0 unspecified atom stereocenters. The highest BCUT2D eigenvalue weighted by molar-refractivity contribution is 9.10. The molecule has 6 heteroatoms. The zero-order chi connectivity index (χ0) is 20.9. The van der Waals surface area contributed by atoms with Crippen LogP contribution < -0.4 is 10.1 Å². The van der Waals surface area contributed by atoms with Gasteiger partial charge in [-0.2, -0.15) is 10.1 Å². The van der Waals surface area contributed by atoms with Crippen LogP contribution in [0.15, 0.2) is 89.2 Å². The number of aryl methyl sites for hydroxylation is 1. The number of anilines is 1. The average Bonchev–Trinajstić information content (AvgIpc) is 3.26. The molecule has 0 amide bonds. The molecule has 2 aliphatic rings. The Morgan fingerprint density at radius 3 is 2.65 bits per heavy atom. The smallest absolute Gasteiger partial charge is 0.226 e. The molecule has 4 aromatic rings. The number of fused-ring (bicyclic) bond motifs is 3. The van der Waals surface area contributed by atoms with Crippen molar-refractivity contribution in [1.82, 2.24) is 14.8 Å². The second-order valence-electron chi connectivity index (χ2n) is 7.85. The molecule has 0 saturated heterocycles. The monoisotopic (exact) mass is 470 g/mol. The molecule has 0 aliphatic carbocycles. The fourth-order valence-electron chi connectivity index (χ4n) is 4.43. The van der Waals surface area contributed by atoms with Crippen molar-refractivity contribution in [2.45, 2.75) is 19.1 Å². The van der Waals surface area contributed by atoms with Crippen LogP contribution in [-0.4, -0.2) is 14.8 Å². The van der Waals surface area contributed by atoms with Crippen molar-refractivity contribution < 1.29 is 4.74 Å². The lowest BCUT2D eigenvalue weighted by molar-refractivity contribution is 0.223. The van der Waals surface area contributed by atoms with Crippen LogP contribution in [0.5, 0.6) is 5.75 Å². The molecule has 31 heavy (non-hydrogen) atoms. The van der Waals surface area contributed by atoms with Gasteiger partial charge in [0.25, 0.3) is 0 Å². The van der Waals surface area contributed by atoms with Gasteiger partial charge in [-0.15, -0.1) is 0 Å². The van der Waals surface area contributed by atoms with Crippen molar-refractivity contribution in [3.8, 4) is 5.75 Å². The van der Waals surface area contributed by atoms with Gasteiger partial charge in [-0.1, -0.05) is 70.0 Å². The number of aromatic nitrogens is 3. The zero-order valence-corrected chi connectivity index (χ0v) is 18.4. The van der Waals surface area contributed by atoms with Crippen LogP contribution in [0.3, 0.4) is 0 Å². The molecule has 1 aromatic heterocycles. The van der Waals surface area contributed by atoms with E-state index in [2.05, 4.69) is 80.7 Å². The van der Waals surface area contributed by atoms with Gasteiger partial charge in [-0.25, -0.2) is 4.68 Å². The first-order valence-electron chi connectivity index (χ1n) is 10.2. The second kappa shape index (κ2) is 7.10. The maximum atomic E-state index is 6.63. The van der Waals surface area contributed by atoms with E-state index >= 15 is 0 Å². The Bertz CT molecular complexity index is 1330. The summed E-state index contributed by atoms with van der Waals surface area (Å²) in [6.07, 6.45) is 1.33. The predicted molar refractivity (Wildman–Crippen MR) is 124 cm³/mol. The quantitative estimate of drug-likeness (QED) is 0.395. The van der Waals surface area contributed by atoms with Gasteiger partial charge in [0.1, 0.15) is 24.2 Å². The molecule has 0 radical (unpaired) electrons. The van der Waals surface area contributed by atoms with E-state index in [4.69, 9.17) is 4.74 Å². The Morgan fingerprint density at radius 1 is 0.968 bits per heavy atom. The summed E-state index contributed by atoms with van der Waals surface area (Å²) >= 11 is 3.62. The molecule has 3 heterocycles. The van der Waals surface area contributed by atoms with Crippen LogP contribution in [0.2, 0.25) is 0 Å². The Hall–Kier alpha value is -3.38. The van der Waals surface area contributed by atoms with Gasteiger partial charge < -0.3 is 10.1 Å². The van der Waals surface area contributed by atoms with Crippen LogP contribution >= 0.6 is 15.9 Å². The first kappa shape index (κ1) is 18.4. The van der Waals surface area contributed by atoms with Gasteiger partial charge in [0.2, 0.25) is 5.95 Å². The first-order valence-corrected chi connectivity index (χ1v) is 11.0. The summed E-state index contributed by atoms with van der Waals surface area (Å²) in [7, 11) is 0. The van der Waals surface area contributed by atoms with Crippen molar-refractivity contribution >= 4 is 27.6 Å². The van der Waals surface area contributed by atoms with Crippen molar-refractivity contribution in [3.63, 3.8) is 0 Å². The van der Waals surface area contributed by atoms with E-state index in [9.17, 15) is 0 Å². The molecule has 0 saturated carbocycles. The standard InChI is InChI=1S/C25H19BrN4O/c1-15-9-11-16(12-10-15)23-21-22(29-25-27-14-28-30(23)25)19-7-2-3-8-20(19)31-24(21)17-5-4-6-18(26)13-17/h2-14,23-24H,1H3,(H,27,28,29)/t23-,24+/m0/s1. The van der Waals surface area contributed by atoms with Gasteiger partial charge in [0.15, 0.2) is 0 Å². The number of para-hydroxylation sites is 1. The maximum absolute atomic E-state index is 6.63. The number of halogens is 1. The minimum Gasteiger partial charge on any atom is -0.480 e. The third kappa shape index (κ3) is 2.98. The number of nitrogens with one attached hydrogen (secondary N) is 1. The number of nitrogens with zero attached hydrogens (tertiary/aromatic N) is 3. The van der Waals surface area contributed by atoms with Gasteiger partial charge in [-0.3, -0.25) is 0 Å². The van der Waals surface area contributed by atoms with E-state index in [1.807, 2.05) is 35.0 Å². The Labute approximate surface area is 188 Å². The zero-order valence-electron chi connectivity index (χ0n) is 16.8. The lowest BCUT2D eigenvalue weighted by Gasteiger charge is -2.39. The topological polar surface area (TPSA) is 52.0 Å². The highest BCUT2D eigenvalue weighted by Gasteiger charge is 2.40. The van der Waals surface area contributed by atoms with E-state index in [0.29, 0.717) is 0 Å². The lowest BCUT2D eigenvalue weighted by atomic mass is 9.84. The Morgan fingerprint density at radius 2 is 1.81 bits per heavy atom. The predicted octanol–water partition coefficient (Wildman–Crippen LogP) is 5.91.